The number of hydrogen-bond acceptors (Lipinski definition) is 7. The summed E-state index contributed by atoms with van der Waals surface area (Å²) in [7, 11) is 0. The predicted octanol–water partition coefficient (Wildman–Crippen LogP) is 6.96. The molecule has 5 aromatic rings. The number of alkyl halides is 3. The first kappa shape index (κ1) is 27.1. The zero-order valence-electron chi connectivity index (χ0n) is 20.1. The minimum atomic E-state index is -4.54. The third-order valence-corrected chi connectivity index (χ3v) is 6.33. The Morgan fingerprint density at radius 2 is 1.80 bits per heavy atom. The Labute approximate surface area is 234 Å². The van der Waals surface area contributed by atoms with Crippen LogP contribution < -0.4 is 10.6 Å². The maximum Gasteiger partial charge on any atom is 0.433 e. The van der Waals surface area contributed by atoms with Gasteiger partial charge in [-0.3, -0.25) is 9.97 Å². The molecular formula is C26H16Cl2F4N8. The topological polar surface area (TPSA) is 104 Å². The van der Waals surface area contributed by atoms with Gasteiger partial charge in [0.15, 0.2) is 0 Å². The van der Waals surface area contributed by atoms with Crippen LogP contribution in [0.5, 0.6) is 0 Å². The van der Waals surface area contributed by atoms with Gasteiger partial charge < -0.3 is 10.6 Å². The molecule has 0 fully saturated rings. The zero-order chi connectivity index (χ0) is 28.4. The van der Waals surface area contributed by atoms with Crippen LogP contribution in [-0.2, 0) is 19.3 Å². The number of nitrogens with one attached hydrogen (secondary N) is 2. The highest BCUT2D eigenvalue weighted by atomic mass is 35.5. The second-order valence-corrected chi connectivity index (χ2v) is 9.39. The van der Waals surface area contributed by atoms with Crippen molar-refractivity contribution in [1.82, 2.24) is 25.0 Å². The average molecular weight is 587 g/mol. The SMILES string of the molecule is N#Cc1cnc2c(Cl)cc(NCc3cn(Cc4ccnc(C(F)(F)F)c4)nn3)cc2c1Nc1ccc(F)c(Cl)c1. The average Bonchev–Trinajstić information content (AvgIpc) is 3.36. The smallest absolute Gasteiger partial charge is 0.379 e. The van der Waals surface area contributed by atoms with E-state index in [0.717, 1.165) is 12.3 Å². The van der Waals surface area contributed by atoms with E-state index in [-0.39, 0.29) is 23.7 Å². The molecule has 0 saturated heterocycles. The Bertz CT molecular complexity index is 1760. The summed E-state index contributed by atoms with van der Waals surface area (Å²) in [5.74, 6) is -0.578. The maximum atomic E-state index is 13.6. The maximum absolute atomic E-state index is 13.6. The van der Waals surface area contributed by atoms with Crippen LogP contribution in [0.25, 0.3) is 10.9 Å². The molecule has 202 valence electrons. The molecule has 8 nitrogen and oxygen atoms in total. The molecule has 0 radical (unpaired) electrons. The molecule has 0 atom stereocenters. The van der Waals surface area contributed by atoms with Crippen molar-refractivity contribution in [3.8, 4) is 6.07 Å². The molecule has 0 saturated carbocycles. The van der Waals surface area contributed by atoms with E-state index in [1.165, 1.54) is 35.1 Å². The number of nitrogens with zero attached hydrogens (tertiary/aromatic N) is 6. The molecule has 0 spiro atoms. The summed E-state index contributed by atoms with van der Waals surface area (Å²) in [6.07, 6.45) is -0.460. The highest BCUT2D eigenvalue weighted by Gasteiger charge is 2.32. The van der Waals surface area contributed by atoms with Gasteiger partial charge in [-0.15, -0.1) is 5.10 Å². The lowest BCUT2D eigenvalue weighted by Crippen LogP contribution is -2.09. The normalized spacial score (nSPS) is 11.4. The Balaban J connectivity index is 1.37. The van der Waals surface area contributed by atoms with Gasteiger partial charge in [0.05, 0.1) is 46.1 Å². The molecule has 0 unspecified atom stereocenters. The Morgan fingerprint density at radius 3 is 2.55 bits per heavy atom. The summed E-state index contributed by atoms with van der Waals surface area (Å²) in [4.78, 5) is 7.66. The van der Waals surface area contributed by atoms with E-state index in [4.69, 9.17) is 23.2 Å². The Hall–Kier alpha value is -4.47. The first-order valence-corrected chi connectivity index (χ1v) is 12.3. The van der Waals surface area contributed by atoms with Crippen LogP contribution in [0.4, 0.5) is 34.6 Å². The highest BCUT2D eigenvalue weighted by Crippen LogP contribution is 2.35. The summed E-state index contributed by atoms with van der Waals surface area (Å²) in [5.41, 5.74) is 2.01. The second-order valence-electron chi connectivity index (χ2n) is 8.57. The summed E-state index contributed by atoms with van der Waals surface area (Å²) in [6, 6.07) is 12.0. The number of pyridine rings is 2. The van der Waals surface area contributed by atoms with Gasteiger partial charge in [-0.05, 0) is 48.0 Å². The quantitative estimate of drug-likeness (QED) is 0.198. The van der Waals surface area contributed by atoms with Crippen LogP contribution in [0.2, 0.25) is 10.0 Å². The van der Waals surface area contributed by atoms with E-state index in [0.29, 0.717) is 44.2 Å². The minimum absolute atomic E-state index is 0.0748. The van der Waals surface area contributed by atoms with Gasteiger partial charge >= 0.3 is 6.18 Å². The van der Waals surface area contributed by atoms with Gasteiger partial charge in [0, 0.05) is 29.2 Å². The van der Waals surface area contributed by atoms with E-state index in [2.05, 4.69) is 37.0 Å². The number of halogens is 6. The van der Waals surface area contributed by atoms with Gasteiger partial charge in [-0.1, -0.05) is 28.4 Å². The number of nitriles is 1. The third kappa shape index (κ3) is 5.90. The van der Waals surface area contributed by atoms with Crippen molar-refractivity contribution in [3.63, 3.8) is 0 Å². The molecule has 2 aromatic carbocycles. The number of fused-ring (bicyclic) bond motifs is 1. The van der Waals surface area contributed by atoms with E-state index in [9.17, 15) is 22.8 Å². The van der Waals surface area contributed by atoms with Crippen molar-refractivity contribution in [3.05, 3.63) is 99.4 Å². The second kappa shape index (κ2) is 11.0. The molecule has 40 heavy (non-hydrogen) atoms. The molecule has 0 aliphatic carbocycles. The molecule has 14 heteroatoms. The third-order valence-electron chi connectivity index (χ3n) is 5.75. The summed E-state index contributed by atoms with van der Waals surface area (Å²) in [6.45, 7) is 0.291. The standard InChI is InChI=1S/C26H16Cl2F4N8/c27-20-7-16(1-2-22(20)29)37-24-15(9-33)10-36-25-19(24)6-17(8-21(25)28)35-11-18-13-40(39-38-18)12-14-3-4-34-23(5-14)26(30,31)32/h1-8,10,13,35H,11-12H2,(H,36,37). The molecule has 0 amide bonds. The van der Waals surface area contributed by atoms with Crippen molar-refractivity contribution in [1.29, 1.82) is 5.26 Å². The van der Waals surface area contributed by atoms with Crippen molar-refractivity contribution in [2.75, 3.05) is 10.6 Å². The van der Waals surface area contributed by atoms with E-state index < -0.39 is 17.7 Å². The van der Waals surface area contributed by atoms with Crippen LogP contribution in [0.15, 0.2) is 61.1 Å². The van der Waals surface area contributed by atoms with E-state index in [1.54, 1.807) is 18.3 Å². The van der Waals surface area contributed by atoms with Crippen LogP contribution in [0.1, 0.15) is 22.5 Å². The Morgan fingerprint density at radius 1 is 1.00 bits per heavy atom. The molecule has 3 aromatic heterocycles. The number of anilines is 3. The number of hydrogen-bond donors (Lipinski definition) is 2. The van der Waals surface area contributed by atoms with Crippen molar-refractivity contribution >= 4 is 51.2 Å². The fraction of sp³-hybridized carbons (Fsp3) is 0.115. The molecule has 2 N–H and O–H groups in total. The largest absolute Gasteiger partial charge is 0.433 e. The molecule has 0 aliphatic rings. The number of benzene rings is 2. The fourth-order valence-electron chi connectivity index (χ4n) is 3.90. The molecule has 3 heterocycles. The Kier molecular flexibility index (Phi) is 7.42. The van der Waals surface area contributed by atoms with Gasteiger partial charge in [-0.2, -0.15) is 18.4 Å². The monoisotopic (exact) mass is 586 g/mol. The summed E-state index contributed by atoms with van der Waals surface area (Å²) in [5, 5.41) is 24.8. The number of rotatable bonds is 7. The lowest BCUT2D eigenvalue weighted by molar-refractivity contribution is -0.141. The lowest BCUT2D eigenvalue weighted by Gasteiger charge is -2.14. The van der Waals surface area contributed by atoms with Crippen molar-refractivity contribution < 1.29 is 17.6 Å². The minimum Gasteiger partial charge on any atom is -0.379 e. The van der Waals surface area contributed by atoms with Crippen molar-refractivity contribution in [2.24, 2.45) is 0 Å². The first-order chi connectivity index (χ1) is 19.1. The van der Waals surface area contributed by atoms with Crippen LogP contribution in [0.3, 0.4) is 0 Å². The van der Waals surface area contributed by atoms with Crippen molar-refractivity contribution in [2.45, 2.75) is 19.3 Å². The lowest BCUT2D eigenvalue weighted by atomic mass is 10.1. The summed E-state index contributed by atoms with van der Waals surface area (Å²) >= 11 is 12.4. The van der Waals surface area contributed by atoms with Crippen LogP contribution in [-0.4, -0.2) is 25.0 Å². The van der Waals surface area contributed by atoms with Gasteiger partial charge in [0.1, 0.15) is 23.3 Å². The zero-order valence-corrected chi connectivity index (χ0v) is 21.7. The first-order valence-electron chi connectivity index (χ1n) is 11.5. The number of aromatic nitrogens is 5. The molecule has 0 aliphatic heterocycles. The molecular weight excluding hydrogens is 571 g/mol. The van der Waals surface area contributed by atoms with E-state index >= 15 is 0 Å². The van der Waals surface area contributed by atoms with Gasteiger partial charge in [-0.25, -0.2) is 9.07 Å². The summed E-state index contributed by atoms with van der Waals surface area (Å²) < 4.78 is 53.9. The van der Waals surface area contributed by atoms with Gasteiger partial charge in [0.2, 0.25) is 0 Å². The predicted molar refractivity (Wildman–Crippen MR) is 142 cm³/mol. The van der Waals surface area contributed by atoms with Crippen LogP contribution in [0, 0.1) is 17.1 Å². The highest BCUT2D eigenvalue weighted by molar-refractivity contribution is 6.36. The van der Waals surface area contributed by atoms with E-state index in [1.807, 2.05) is 0 Å². The fourth-order valence-corrected chi connectivity index (χ4v) is 4.35. The molecule has 0 bridgehead atoms. The molecule has 5 rings (SSSR count). The van der Waals surface area contributed by atoms with Gasteiger partial charge in [0.25, 0.3) is 0 Å². The van der Waals surface area contributed by atoms with Crippen LogP contribution >= 0.6 is 23.2 Å².